The normalized spacial score (nSPS) is 18.6. The molecule has 6 nitrogen and oxygen atoms in total. The first-order chi connectivity index (χ1) is 13.3. The number of rotatable bonds is 16. The Morgan fingerprint density at radius 2 is 1.75 bits per heavy atom. The molecule has 0 saturated carbocycles. The summed E-state index contributed by atoms with van der Waals surface area (Å²) in [4.78, 5) is 0. The van der Waals surface area contributed by atoms with Crippen LogP contribution < -0.4 is 21.3 Å². The maximum absolute atomic E-state index is 10.1. The van der Waals surface area contributed by atoms with Crippen molar-refractivity contribution >= 4 is 22.6 Å². The number of hydrogen-bond donors (Lipinski definition) is 6. The fourth-order valence-corrected chi connectivity index (χ4v) is 2.69. The van der Waals surface area contributed by atoms with E-state index in [0.29, 0.717) is 10.3 Å². The molecule has 7 heteroatoms. The SMILES string of the molecule is C=CCC(/C=C/NC(/C=C/N/C=C/CC(I)C=C)C(C)C(O)NC)NC(C)O. The van der Waals surface area contributed by atoms with Crippen LogP contribution in [-0.4, -0.2) is 45.7 Å². The summed E-state index contributed by atoms with van der Waals surface area (Å²) in [5, 5.41) is 32.0. The Balaban J connectivity index is 4.87. The lowest BCUT2D eigenvalue weighted by Crippen LogP contribution is -2.43. The highest BCUT2D eigenvalue weighted by Gasteiger charge is 2.20. The number of nitrogens with one attached hydrogen (secondary N) is 4. The highest BCUT2D eigenvalue weighted by atomic mass is 127. The Labute approximate surface area is 184 Å². The number of allylic oxidation sites excluding steroid dienone is 2. The predicted octanol–water partition coefficient (Wildman–Crippen LogP) is 2.50. The van der Waals surface area contributed by atoms with Crippen molar-refractivity contribution < 1.29 is 10.2 Å². The first-order valence-corrected chi connectivity index (χ1v) is 10.8. The molecule has 0 fully saturated rings. The van der Waals surface area contributed by atoms with E-state index in [4.69, 9.17) is 0 Å². The van der Waals surface area contributed by atoms with Crippen LogP contribution in [0.4, 0.5) is 0 Å². The molecule has 0 rings (SSSR count). The van der Waals surface area contributed by atoms with Crippen LogP contribution >= 0.6 is 22.6 Å². The molecule has 0 saturated heterocycles. The maximum atomic E-state index is 10.1. The summed E-state index contributed by atoms with van der Waals surface area (Å²) in [6.45, 7) is 11.2. The fourth-order valence-electron chi connectivity index (χ4n) is 2.39. The number of aliphatic hydroxyl groups is 2. The molecular weight excluding hydrogens is 467 g/mol. The van der Waals surface area contributed by atoms with Gasteiger partial charge in [0.2, 0.25) is 0 Å². The summed E-state index contributed by atoms with van der Waals surface area (Å²) in [6, 6.07) is -0.118. The van der Waals surface area contributed by atoms with Crippen LogP contribution in [0.1, 0.15) is 26.7 Å². The highest BCUT2D eigenvalue weighted by molar-refractivity contribution is 14.1. The number of alkyl halides is 1. The summed E-state index contributed by atoms with van der Waals surface area (Å²) in [5.41, 5.74) is 0. The van der Waals surface area contributed by atoms with Crippen LogP contribution in [0.25, 0.3) is 0 Å². The van der Waals surface area contributed by atoms with Gasteiger partial charge in [-0.2, -0.15) is 0 Å². The van der Waals surface area contributed by atoms with Gasteiger partial charge in [0.05, 0.1) is 6.04 Å². The predicted molar refractivity (Wildman–Crippen MR) is 128 cm³/mol. The van der Waals surface area contributed by atoms with E-state index in [9.17, 15) is 10.2 Å². The summed E-state index contributed by atoms with van der Waals surface area (Å²) < 4.78 is 0.420. The number of halogens is 1. The molecule has 6 atom stereocenters. The molecule has 6 unspecified atom stereocenters. The molecule has 0 spiro atoms. The Morgan fingerprint density at radius 1 is 1.04 bits per heavy atom. The molecule has 0 aromatic heterocycles. The van der Waals surface area contributed by atoms with Gasteiger partial charge in [-0.3, -0.25) is 10.6 Å². The van der Waals surface area contributed by atoms with Crippen molar-refractivity contribution in [3.63, 3.8) is 0 Å². The van der Waals surface area contributed by atoms with Crippen LogP contribution in [0.15, 0.2) is 62.1 Å². The molecule has 28 heavy (non-hydrogen) atoms. The first kappa shape index (κ1) is 26.9. The molecule has 0 amide bonds. The Bertz CT molecular complexity index is 509. The summed E-state index contributed by atoms with van der Waals surface area (Å²) in [6.07, 6.45) is 15.7. The quantitative estimate of drug-likeness (QED) is 0.0839. The maximum Gasteiger partial charge on any atom is 0.109 e. The largest absolute Gasteiger partial charge is 0.384 e. The molecule has 0 aromatic rings. The van der Waals surface area contributed by atoms with Crippen molar-refractivity contribution in [2.45, 2.75) is 55.2 Å². The minimum Gasteiger partial charge on any atom is -0.384 e. The first-order valence-electron chi connectivity index (χ1n) is 9.53. The Hall–Kier alpha value is -1.13. The molecule has 0 aliphatic heterocycles. The molecule has 0 bridgehead atoms. The Morgan fingerprint density at radius 3 is 2.32 bits per heavy atom. The van der Waals surface area contributed by atoms with Crippen molar-refractivity contribution in [3.8, 4) is 0 Å². The second-order valence-corrected chi connectivity index (χ2v) is 8.13. The van der Waals surface area contributed by atoms with E-state index in [1.165, 1.54) is 0 Å². The van der Waals surface area contributed by atoms with E-state index in [0.717, 1.165) is 6.42 Å². The molecule has 0 heterocycles. The minimum atomic E-state index is -0.641. The standard InChI is InChI=1S/C21H37IN4O2/c1-6-9-19(26-17(4)27)11-15-25-20(16(3)21(28)23-5)12-14-24-13-8-10-18(22)7-2/h6-8,11-21,23-28H,1-2,9-10H2,3-5H3/b13-8+,14-12+,15-11+. The molecular formula is C21H37IN4O2. The Kier molecular flexibility index (Phi) is 16.1. The van der Waals surface area contributed by atoms with Gasteiger partial charge in [-0.15, -0.1) is 13.2 Å². The second kappa shape index (κ2) is 16.8. The fraction of sp³-hybridized carbons (Fsp3) is 0.524. The summed E-state index contributed by atoms with van der Waals surface area (Å²) in [5.74, 6) is -0.0706. The van der Waals surface area contributed by atoms with Crippen molar-refractivity contribution in [2.75, 3.05) is 7.05 Å². The lowest BCUT2D eigenvalue weighted by Gasteiger charge is -2.26. The van der Waals surface area contributed by atoms with Crippen LogP contribution in [-0.2, 0) is 0 Å². The zero-order valence-corrected chi connectivity index (χ0v) is 19.3. The van der Waals surface area contributed by atoms with Crippen molar-refractivity contribution in [1.29, 1.82) is 0 Å². The van der Waals surface area contributed by atoms with Crippen LogP contribution in [0.3, 0.4) is 0 Å². The van der Waals surface area contributed by atoms with Gasteiger partial charge in [-0.25, -0.2) is 0 Å². The average molecular weight is 504 g/mol. The lowest BCUT2D eigenvalue weighted by molar-refractivity contribution is 0.0810. The van der Waals surface area contributed by atoms with Gasteiger partial charge in [0.1, 0.15) is 12.5 Å². The summed E-state index contributed by atoms with van der Waals surface area (Å²) >= 11 is 2.34. The molecule has 0 aliphatic carbocycles. The third-order valence-electron chi connectivity index (χ3n) is 4.08. The summed E-state index contributed by atoms with van der Waals surface area (Å²) in [7, 11) is 1.73. The molecule has 0 aliphatic rings. The van der Waals surface area contributed by atoms with E-state index in [2.05, 4.69) is 63.1 Å². The van der Waals surface area contributed by atoms with E-state index in [-0.39, 0.29) is 18.0 Å². The van der Waals surface area contributed by atoms with Gasteiger partial charge in [-0.1, -0.05) is 53.8 Å². The average Bonchev–Trinajstić information content (AvgIpc) is 2.67. The van der Waals surface area contributed by atoms with Crippen LogP contribution in [0.5, 0.6) is 0 Å². The smallest absolute Gasteiger partial charge is 0.109 e. The van der Waals surface area contributed by atoms with E-state index in [1.807, 2.05) is 43.8 Å². The number of hydrogen-bond acceptors (Lipinski definition) is 6. The topological polar surface area (TPSA) is 88.6 Å². The van der Waals surface area contributed by atoms with Gasteiger partial charge in [0.25, 0.3) is 0 Å². The third kappa shape index (κ3) is 13.1. The van der Waals surface area contributed by atoms with Gasteiger partial charge < -0.3 is 20.8 Å². The highest BCUT2D eigenvalue weighted by Crippen LogP contribution is 2.09. The van der Waals surface area contributed by atoms with Crippen molar-refractivity contribution in [2.24, 2.45) is 5.92 Å². The van der Waals surface area contributed by atoms with Crippen LogP contribution in [0, 0.1) is 5.92 Å². The number of aliphatic hydroxyl groups excluding tert-OH is 2. The monoisotopic (exact) mass is 504 g/mol. The lowest BCUT2D eigenvalue weighted by atomic mass is 10.00. The second-order valence-electron chi connectivity index (χ2n) is 6.53. The zero-order chi connectivity index (χ0) is 21.4. The van der Waals surface area contributed by atoms with Gasteiger partial charge in [0.15, 0.2) is 0 Å². The van der Waals surface area contributed by atoms with E-state index in [1.54, 1.807) is 20.0 Å². The molecule has 160 valence electrons. The van der Waals surface area contributed by atoms with E-state index >= 15 is 0 Å². The van der Waals surface area contributed by atoms with Gasteiger partial charge >= 0.3 is 0 Å². The van der Waals surface area contributed by atoms with Crippen molar-refractivity contribution in [3.05, 3.63) is 62.1 Å². The zero-order valence-electron chi connectivity index (χ0n) is 17.2. The van der Waals surface area contributed by atoms with Gasteiger partial charge in [-0.05, 0) is 51.5 Å². The van der Waals surface area contributed by atoms with Crippen molar-refractivity contribution in [1.82, 2.24) is 21.3 Å². The van der Waals surface area contributed by atoms with Crippen LogP contribution in [0.2, 0.25) is 0 Å². The molecule has 0 aromatic carbocycles. The van der Waals surface area contributed by atoms with E-state index < -0.39 is 12.5 Å². The van der Waals surface area contributed by atoms with Gasteiger partial charge in [0, 0.05) is 15.9 Å². The third-order valence-corrected chi connectivity index (χ3v) is 5.10. The molecule has 0 radical (unpaired) electrons. The minimum absolute atomic E-state index is 0.0219. The molecule has 6 N–H and O–H groups in total.